The summed E-state index contributed by atoms with van der Waals surface area (Å²) < 4.78 is 1.34. The third-order valence-electron chi connectivity index (χ3n) is 2.44. The first-order chi connectivity index (χ1) is 9.09. The van der Waals surface area contributed by atoms with Gasteiger partial charge in [-0.25, -0.2) is 9.48 Å². The molecule has 0 unspecified atom stereocenters. The van der Waals surface area contributed by atoms with Crippen LogP contribution in [0.1, 0.15) is 16.9 Å². The van der Waals surface area contributed by atoms with Crippen LogP contribution in [0.2, 0.25) is 0 Å². The molecule has 0 aliphatic carbocycles. The lowest BCUT2D eigenvalue weighted by molar-refractivity contribution is -0.118. The zero-order valence-corrected chi connectivity index (χ0v) is 9.85. The molecule has 2 rings (SSSR count). The van der Waals surface area contributed by atoms with Crippen molar-refractivity contribution >= 4 is 11.9 Å². The van der Waals surface area contributed by atoms with E-state index in [-0.39, 0.29) is 18.7 Å². The van der Waals surface area contributed by atoms with Gasteiger partial charge in [0.15, 0.2) is 5.69 Å². The van der Waals surface area contributed by atoms with Crippen molar-refractivity contribution in [2.24, 2.45) is 5.73 Å². The maximum atomic E-state index is 11.1. The number of hydrogen-bond donors (Lipinski definition) is 2. The number of aromatic carboxylic acids is 1. The summed E-state index contributed by atoms with van der Waals surface area (Å²) in [6, 6.07) is 3.37. The predicted molar refractivity (Wildman–Crippen MR) is 64.0 cm³/mol. The second kappa shape index (κ2) is 5.25. The van der Waals surface area contributed by atoms with Crippen LogP contribution in [0.4, 0.5) is 0 Å². The van der Waals surface area contributed by atoms with Crippen molar-refractivity contribution < 1.29 is 14.7 Å². The van der Waals surface area contributed by atoms with Gasteiger partial charge in [0.05, 0.1) is 6.54 Å². The van der Waals surface area contributed by atoms with Gasteiger partial charge in [0.2, 0.25) is 5.91 Å². The molecule has 2 aromatic rings. The summed E-state index contributed by atoms with van der Waals surface area (Å²) in [7, 11) is 0. The minimum atomic E-state index is -1.19. The molecule has 2 aromatic heterocycles. The Morgan fingerprint density at radius 3 is 2.79 bits per heavy atom. The van der Waals surface area contributed by atoms with Gasteiger partial charge < -0.3 is 10.8 Å². The molecule has 2 heterocycles. The van der Waals surface area contributed by atoms with Crippen LogP contribution in [0.15, 0.2) is 24.5 Å². The smallest absolute Gasteiger partial charge is 0.358 e. The normalized spacial score (nSPS) is 10.3. The molecule has 0 aliphatic heterocycles. The van der Waals surface area contributed by atoms with Gasteiger partial charge in [-0.1, -0.05) is 5.21 Å². The maximum absolute atomic E-state index is 11.1. The van der Waals surface area contributed by atoms with Crippen LogP contribution in [0.5, 0.6) is 0 Å². The second-order valence-electron chi connectivity index (χ2n) is 3.77. The van der Waals surface area contributed by atoms with Crippen LogP contribution in [-0.4, -0.2) is 37.0 Å². The molecule has 1 amide bonds. The van der Waals surface area contributed by atoms with E-state index < -0.39 is 11.9 Å². The molecule has 0 bridgehead atoms. The van der Waals surface area contributed by atoms with E-state index in [0.717, 1.165) is 0 Å². The fraction of sp³-hybridized carbons (Fsp3) is 0.182. The molecular formula is C11H11N5O3. The summed E-state index contributed by atoms with van der Waals surface area (Å²) in [5.74, 6) is -1.69. The maximum Gasteiger partial charge on any atom is 0.358 e. The molecule has 0 saturated carbocycles. The highest BCUT2D eigenvalue weighted by atomic mass is 16.4. The monoisotopic (exact) mass is 261 g/mol. The summed E-state index contributed by atoms with van der Waals surface area (Å²) in [5, 5.41) is 16.4. The van der Waals surface area contributed by atoms with E-state index in [4.69, 9.17) is 10.8 Å². The van der Waals surface area contributed by atoms with Crippen molar-refractivity contribution in [3.8, 4) is 11.3 Å². The van der Waals surface area contributed by atoms with Gasteiger partial charge in [-0.3, -0.25) is 9.78 Å². The fourth-order valence-electron chi connectivity index (χ4n) is 1.62. The summed E-state index contributed by atoms with van der Waals surface area (Å²) in [4.78, 5) is 25.8. The van der Waals surface area contributed by atoms with Gasteiger partial charge in [-0.15, -0.1) is 5.10 Å². The van der Waals surface area contributed by atoms with Crippen LogP contribution in [0.25, 0.3) is 11.3 Å². The minimum absolute atomic E-state index is 0.0513. The molecule has 3 N–H and O–H groups in total. The number of rotatable bonds is 5. The number of carbonyl (C=O) groups is 2. The lowest BCUT2D eigenvalue weighted by Crippen LogP contribution is -2.15. The molecule has 0 aliphatic rings. The number of amides is 1. The third kappa shape index (κ3) is 2.73. The third-order valence-corrected chi connectivity index (χ3v) is 2.44. The highest BCUT2D eigenvalue weighted by Crippen LogP contribution is 2.21. The van der Waals surface area contributed by atoms with Crippen LogP contribution in [0.3, 0.4) is 0 Å². The zero-order chi connectivity index (χ0) is 13.8. The van der Waals surface area contributed by atoms with Crippen molar-refractivity contribution in [2.45, 2.75) is 13.0 Å². The lowest BCUT2D eigenvalue weighted by atomic mass is 10.1. The Hall–Kier alpha value is -2.77. The predicted octanol–water partition coefficient (Wildman–Crippen LogP) is -0.0863. The number of nitrogens with two attached hydrogens (primary N) is 1. The number of aryl methyl sites for hydroxylation is 1. The molecule has 0 saturated heterocycles. The molecule has 0 radical (unpaired) electrons. The summed E-state index contributed by atoms with van der Waals surface area (Å²) >= 11 is 0. The SMILES string of the molecule is NC(=O)CCn1nnc(C(=O)O)c1-c1cccnc1. The number of carboxylic acids is 1. The van der Waals surface area contributed by atoms with Crippen molar-refractivity contribution in [1.29, 1.82) is 0 Å². The number of primary amides is 1. The van der Waals surface area contributed by atoms with Crippen molar-refractivity contribution in [3.63, 3.8) is 0 Å². The van der Waals surface area contributed by atoms with Crippen molar-refractivity contribution in [2.75, 3.05) is 0 Å². The van der Waals surface area contributed by atoms with E-state index in [2.05, 4.69) is 15.3 Å². The Balaban J connectivity index is 2.45. The molecule has 19 heavy (non-hydrogen) atoms. The average molecular weight is 261 g/mol. The molecule has 0 spiro atoms. The molecular weight excluding hydrogens is 250 g/mol. The Morgan fingerprint density at radius 1 is 1.42 bits per heavy atom. The van der Waals surface area contributed by atoms with Crippen molar-refractivity contribution in [1.82, 2.24) is 20.0 Å². The van der Waals surface area contributed by atoms with Crippen LogP contribution in [0, 0.1) is 0 Å². The Labute approximate surface area is 107 Å². The first kappa shape index (κ1) is 12.7. The topological polar surface area (TPSA) is 124 Å². The first-order valence-electron chi connectivity index (χ1n) is 5.45. The molecule has 0 fully saturated rings. The van der Waals surface area contributed by atoms with E-state index >= 15 is 0 Å². The Bertz CT molecular complexity index is 608. The van der Waals surface area contributed by atoms with Crippen LogP contribution in [-0.2, 0) is 11.3 Å². The van der Waals surface area contributed by atoms with Gasteiger partial charge in [0.1, 0.15) is 5.69 Å². The number of pyridine rings is 1. The van der Waals surface area contributed by atoms with E-state index in [9.17, 15) is 9.59 Å². The molecule has 98 valence electrons. The highest BCUT2D eigenvalue weighted by molar-refractivity contribution is 5.92. The fourth-order valence-corrected chi connectivity index (χ4v) is 1.62. The summed E-state index contributed by atoms with van der Waals surface area (Å²) in [6.07, 6.45) is 3.13. The molecule has 0 aromatic carbocycles. The van der Waals surface area contributed by atoms with E-state index in [1.807, 2.05) is 0 Å². The minimum Gasteiger partial charge on any atom is -0.476 e. The van der Waals surface area contributed by atoms with Gasteiger partial charge in [-0.2, -0.15) is 0 Å². The largest absolute Gasteiger partial charge is 0.476 e. The molecule has 8 heteroatoms. The average Bonchev–Trinajstić information content (AvgIpc) is 2.81. The second-order valence-corrected chi connectivity index (χ2v) is 3.77. The lowest BCUT2D eigenvalue weighted by Gasteiger charge is -2.05. The van der Waals surface area contributed by atoms with Crippen LogP contribution >= 0.6 is 0 Å². The first-order valence-corrected chi connectivity index (χ1v) is 5.45. The zero-order valence-electron chi connectivity index (χ0n) is 9.85. The summed E-state index contributed by atoms with van der Waals surface area (Å²) in [6.45, 7) is 0.167. The van der Waals surface area contributed by atoms with Gasteiger partial charge in [0.25, 0.3) is 0 Å². The van der Waals surface area contributed by atoms with Crippen LogP contribution < -0.4 is 5.73 Å². The van der Waals surface area contributed by atoms with Crippen molar-refractivity contribution in [3.05, 3.63) is 30.2 Å². The van der Waals surface area contributed by atoms with Gasteiger partial charge in [0, 0.05) is 24.4 Å². The number of carboxylic acid groups (broad SMARTS) is 1. The summed E-state index contributed by atoms with van der Waals surface area (Å²) in [5.41, 5.74) is 5.76. The number of hydrogen-bond acceptors (Lipinski definition) is 5. The Kier molecular flexibility index (Phi) is 3.51. The molecule has 0 atom stereocenters. The van der Waals surface area contributed by atoms with E-state index in [1.165, 1.54) is 10.9 Å². The Morgan fingerprint density at radius 2 is 2.21 bits per heavy atom. The number of nitrogens with zero attached hydrogens (tertiary/aromatic N) is 4. The standard InChI is InChI=1S/C11H11N5O3/c12-8(17)3-5-16-10(7-2-1-4-13-6-7)9(11(18)19)14-15-16/h1-2,4,6H,3,5H2,(H2,12,17)(H,18,19). The number of aromatic nitrogens is 4. The highest BCUT2D eigenvalue weighted by Gasteiger charge is 2.20. The quantitative estimate of drug-likeness (QED) is 0.775. The van der Waals surface area contributed by atoms with Gasteiger partial charge in [-0.05, 0) is 12.1 Å². The van der Waals surface area contributed by atoms with E-state index in [1.54, 1.807) is 18.3 Å². The van der Waals surface area contributed by atoms with E-state index in [0.29, 0.717) is 11.3 Å². The van der Waals surface area contributed by atoms with Gasteiger partial charge >= 0.3 is 5.97 Å². The molecule has 8 nitrogen and oxygen atoms in total. The number of carbonyl (C=O) groups excluding carboxylic acids is 1.